The second kappa shape index (κ2) is 5.49. The largest absolute Gasteiger partial charge is 0.363 e. The number of aromatic amines is 1. The van der Waals surface area contributed by atoms with E-state index in [-0.39, 0.29) is 11.5 Å². The number of rotatable bonds is 4. The molecule has 0 bridgehead atoms. The van der Waals surface area contributed by atoms with E-state index >= 15 is 0 Å². The monoisotopic (exact) mass is 260 g/mol. The number of aromatic nitrogens is 3. The zero-order valence-electron chi connectivity index (χ0n) is 9.48. The number of H-pyrrole nitrogens is 1. The Balaban J connectivity index is 2.03. The Hall–Kier alpha value is -3.10. The molecule has 0 radical (unpaired) electrons. The van der Waals surface area contributed by atoms with Crippen molar-refractivity contribution in [2.45, 2.75) is 0 Å². The van der Waals surface area contributed by atoms with Gasteiger partial charge in [-0.25, -0.2) is 9.89 Å². The molecule has 0 saturated heterocycles. The van der Waals surface area contributed by atoms with Crippen molar-refractivity contribution in [3.05, 3.63) is 56.6 Å². The number of nitro benzene ring substituents is 1. The van der Waals surface area contributed by atoms with E-state index in [1.807, 2.05) is 0 Å². The number of hydrazone groups is 1. The van der Waals surface area contributed by atoms with Crippen molar-refractivity contribution in [1.29, 1.82) is 0 Å². The third-order valence-corrected chi connectivity index (χ3v) is 2.07. The molecule has 0 aliphatic rings. The minimum absolute atomic E-state index is 0.00516. The molecule has 2 aromatic rings. The van der Waals surface area contributed by atoms with E-state index in [4.69, 9.17) is 0 Å². The second-order valence-electron chi connectivity index (χ2n) is 3.39. The van der Waals surface area contributed by atoms with E-state index in [9.17, 15) is 14.9 Å². The number of anilines is 1. The van der Waals surface area contributed by atoms with Crippen LogP contribution in [0.4, 0.5) is 11.5 Å². The molecule has 1 aromatic heterocycles. The van der Waals surface area contributed by atoms with Crippen LogP contribution in [0.3, 0.4) is 0 Å². The Morgan fingerprint density at radius 2 is 2.11 bits per heavy atom. The predicted octanol–water partition coefficient (Wildman–Crippen LogP) is 0.519. The third kappa shape index (κ3) is 3.43. The lowest BCUT2D eigenvalue weighted by Gasteiger charge is -1.96. The third-order valence-electron chi connectivity index (χ3n) is 2.07. The number of hydrogen-bond acceptors (Lipinski definition) is 7. The van der Waals surface area contributed by atoms with Crippen molar-refractivity contribution < 1.29 is 4.92 Å². The van der Waals surface area contributed by atoms with Crippen LogP contribution < -0.4 is 11.1 Å². The van der Waals surface area contributed by atoms with Gasteiger partial charge in [-0.05, 0) is 17.7 Å². The van der Waals surface area contributed by atoms with E-state index < -0.39 is 10.6 Å². The Morgan fingerprint density at radius 1 is 1.37 bits per heavy atom. The summed E-state index contributed by atoms with van der Waals surface area (Å²) in [6, 6.07) is 5.84. The summed E-state index contributed by atoms with van der Waals surface area (Å²) in [4.78, 5) is 24.4. The summed E-state index contributed by atoms with van der Waals surface area (Å²) in [6.45, 7) is 0. The van der Waals surface area contributed by atoms with Gasteiger partial charge >= 0.3 is 5.69 Å². The van der Waals surface area contributed by atoms with Gasteiger partial charge in [-0.1, -0.05) is 0 Å². The minimum Gasteiger partial charge on any atom is -0.260 e. The molecule has 9 heteroatoms. The van der Waals surface area contributed by atoms with Gasteiger partial charge in [0.15, 0.2) is 5.82 Å². The van der Waals surface area contributed by atoms with Gasteiger partial charge in [0.05, 0.1) is 17.3 Å². The first kappa shape index (κ1) is 12.4. The van der Waals surface area contributed by atoms with E-state index in [0.29, 0.717) is 5.56 Å². The van der Waals surface area contributed by atoms with Crippen LogP contribution in [0, 0.1) is 10.1 Å². The van der Waals surface area contributed by atoms with Crippen LogP contribution in [0.1, 0.15) is 5.56 Å². The van der Waals surface area contributed by atoms with Crippen molar-refractivity contribution in [2.24, 2.45) is 5.10 Å². The van der Waals surface area contributed by atoms with Crippen LogP contribution in [0.2, 0.25) is 0 Å². The van der Waals surface area contributed by atoms with Gasteiger partial charge in [-0.2, -0.15) is 15.2 Å². The van der Waals surface area contributed by atoms with Crippen LogP contribution in [-0.4, -0.2) is 26.3 Å². The first-order valence-electron chi connectivity index (χ1n) is 5.10. The molecule has 0 amide bonds. The maximum atomic E-state index is 10.8. The lowest BCUT2D eigenvalue weighted by Crippen LogP contribution is -2.13. The Bertz CT molecular complexity index is 663. The van der Waals surface area contributed by atoms with E-state index in [1.54, 1.807) is 12.1 Å². The molecule has 0 aliphatic heterocycles. The summed E-state index contributed by atoms with van der Waals surface area (Å²) in [5, 5.41) is 19.9. The van der Waals surface area contributed by atoms with Crippen LogP contribution in [0.5, 0.6) is 0 Å². The van der Waals surface area contributed by atoms with Gasteiger partial charge in [0, 0.05) is 12.1 Å². The Labute approximate surface area is 106 Å². The van der Waals surface area contributed by atoms with Gasteiger partial charge in [0.25, 0.3) is 5.69 Å². The molecule has 19 heavy (non-hydrogen) atoms. The molecule has 2 N–H and O–H groups in total. The maximum absolute atomic E-state index is 10.8. The van der Waals surface area contributed by atoms with Gasteiger partial charge in [0.2, 0.25) is 0 Å². The average molecular weight is 260 g/mol. The molecule has 0 spiro atoms. The summed E-state index contributed by atoms with van der Waals surface area (Å²) < 4.78 is 0. The molecule has 0 unspecified atom stereocenters. The number of non-ortho nitro benzene ring substituents is 1. The van der Waals surface area contributed by atoms with Gasteiger partial charge < -0.3 is 0 Å². The van der Waals surface area contributed by atoms with Gasteiger partial charge in [0.1, 0.15) is 0 Å². The SMILES string of the molecule is O=c1nc(N/N=C/c2ccc([N+](=O)[O-])cc2)cn[nH]1. The Kier molecular flexibility index (Phi) is 3.57. The highest BCUT2D eigenvalue weighted by atomic mass is 16.6. The molecule has 0 saturated carbocycles. The molecule has 1 heterocycles. The molecule has 9 nitrogen and oxygen atoms in total. The van der Waals surface area contributed by atoms with Crippen molar-refractivity contribution >= 4 is 17.7 Å². The molecule has 0 fully saturated rings. The molecular formula is C10H8N6O3. The second-order valence-corrected chi connectivity index (χ2v) is 3.39. The fraction of sp³-hybridized carbons (Fsp3) is 0. The number of nitrogens with one attached hydrogen (secondary N) is 2. The summed E-state index contributed by atoms with van der Waals surface area (Å²) in [5.41, 5.74) is 2.59. The highest BCUT2D eigenvalue weighted by Crippen LogP contribution is 2.10. The van der Waals surface area contributed by atoms with E-state index in [2.05, 4.69) is 25.7 Å². The molecule has 0 aliphatic carbocycles. The highest BCUT2D eigenvalue weighted by molar-refractivity contribution is 5.80. The van der Waals surface area contributed by atoms with Gasteiger partial charge in [-0.3, -0.25) is 15.5 Å². The van der Waals surface area contributed by atoms with Gasteiger partial charge in [-0.15, -0.1) is 0 Å². The maximum Gasteiger partial charge on any atom is 0.363 e. The smallest absolute Gasteiger partial charge is 0.260 e. The molecule has 0 atom stereocenters. The summed E-state index contributed by atoms with van der Waals surface area (Å²) >= 11 is 0. The summed E-state index contributed by atoms with van der Waals surface area (Å²) in [7, 11) is 0. The fourth-order valence-electron chi connectivity index (χ4n) is 1.22. The quantitative estimate of drug-likeness (QED) is 0.468. The lowest BCUT2D eigenvalue weighted by molar-refractivity contribution is -0.384. The fourth-order valence-corrected chi connectivity index (χ4v) is 1.22. The molecule has 96 valence electrons. The number of benzene rings is 1. The van der Waals surface area contributed by atoms with Crippen molar-refractivity contribution in [3.63, 3.8) is 0 Å². The van der Waals surface area contributed by atoms with Crippen LogP contribution in [0.25, 0.3) is 0 Å². The van der Waals surface area contributed by atoms with Crippen LogP contribution in [0.15, 0.2) is 40.4 Å². The number of nitrogens with zero attached hydrogens (tertiary/aromatic N) is 4. The minimum atomic E-state index is -0.587. The zero-order chi connectivity index (χ0) is 13.7. The summed E-state index contributed by atoms with van der Waals surface area (Å²) in [6.07, 6.45) is 2.74. The first-order valence-corrected chi connectivity index (χ1v) is 5.10. The average Bonchev–Trinajstić information content (AvgIpc) is 2.39. The Morgan fingerprint density at radius 3 is 2.74 bits per heavy atom. The topological polar surface area (TPSA) is 126 Å². The number of hydrogen-bond donors (Lipinski definition) is 2. The predicted molar refractivity (Wildman–Crippen MR) is 67.0 cm³/mol. The van der Waals surface area contributed by atoms with Crippen molar-refractivity contribution in [1.82, 2.24) is 15.2 Å². The van der Waals surface area contributed by atoms with E-state index in [1.165, 1.54) is 24.5 Å². The van der Waals surface area contributed by atoms with Crippen LogP contribution in [-0.2, 0) is 0 Å². The first-order chi connectivity index (χ1) is 9.15. The summed E-state index contributed by atoms with van der Waals surface area (Å²) in [5.74, 6) is 0.196. The highest BCUT2D eigenvalue weighted by Gasteiger charge is 2.02. The van der Waals surface area contributed by atoms with E-state index in [0.717, 1.165) is 0 Å². The zero-order valence-corrected chi connectivity index (χ0v) is 9.48. The molecular weight excluding hydrogens is 252 g/mol. The van der Waals surface area contributed by atoms with Crippen LogP contribution >= 0.6 is 0 Å². The lowest BCUT2D eigenvalue weighted by atomic mass is 10.2. The van der Waals surface area contributed by atoms with Crippen molar-refractivity contribution in [3.8, 4) is 0 Å². The molecule has 1 aromatic carbocycles. The number of nitro groups is 1. The van der Waals surface area contributed by atoms with Crippen molar-refractivity contribution in [2.75, 3.05) is 5.43 Å². The normalized spacial score (nSPS) is 10.5. The standard InChI is InChI=1S/C10H8N6O3/c17-10-13-9(6-12-15-10)14-11-5-7-1-3-8(4-2-7)16(18)19/h1-6H,(H2,13,14,15,17)/b11-5+. The molecule has 2 rings (SSSR count).